The van der Waals surface area contributed by atoms with Crippen LogP contribution in [0, 0.1) is 0 Å². The molecule has 0 spiro atoms. The molecule has 2 aromatic rings. The molecule has 1 amide bonds. The second-order valence-electron chi connectivity index (χ2n) is 8.11. The number of aromatic nitrogens is 2. The van der Waals surface area contributed by atoms with Crippen molar-refractivity contribution < 1.29 is 14.3 Å². The maximum atomic E-state index is 11.6. The predicted octanol–water partition coefficient (Wildman–Crippen LogP) is 1.67. The number of rotatable bonds is 4. The number of carbonyl (C=O) groups is 1. The fraction of sp³-hybridized carbons (Fsp3) is 0.650. The Bertz CT molecular complexity index is 890. The van der Waals surface area contributed by atoms with Gasteiger partial charge in [0.15, 0.2) is 0 Å². The first-order chi connectivity index (χ1) is 14.2. The molecule has 3 aliphatic rings. The number of anilines is 1. The summed E-state index contributed by atoms with van der Waals surface area (Å²) in [6, 6.07) is 1.08. The van der Waals surface area contributed by atoms with Gasteiger partial charge < -0.3 is 20.5 Å². The Morgan fingerprint density at radius 2 is 2.00 bits per heavy atom. The van der Waals surface area contributed by atoms with Crippen molar-refractivity contribution >= 4 is 33.3 Å². The summed E-state index contributed by atoms with van der Waals surface area (Å²) in [5, 5.41) is 4.72. The Kier molecular flexibility index (Phi) is 5.38. The van der Waals surface area contributed by atoms with Gasteiger partial charge >= 0.3 is 0 Å². The fourth-order valence-electron chi connectivity index (χ4n) is 4.80. The van der Waals surface area contributed by atoms with Gasteiger partial charge in [-0.3, -0.25) is 9.69 Å². The third-order valence-electron chi connectivity index (χ3n) is 6.39. The van der Waals surface area contributed by atoms with Crippen LogP contribution in [0.3, 0.4) is 0 Å². The number of nitrogens with zero attached hydrogens (tertiary/aromatic N) is 3. The lowest BCUT2D eigenvalue weighted by Crippen LogP contribution is -2.46. The summed E-state index contributed by atoms with van der Waals surface area (Å²) in [5.74, 6) is 0.468. The standard InChI is InChI=1S/C20H27N5O3S/c21-18(26)15-9-14-16(10-28-15)29-20-17(14)19(22-11-23-20)24-12-1-3-13(4-2-12)25-5-7-27-8-6-25/h11-13,15H,1-10H2,(H2,21,26)(H,22,23,24)/t12-,13-,15?. The van der Waals surface area contributed by atoms with Gasteiger partial charge in [-0.25, -0.2) is 9.97 Å². The molecule has 4 heterocycles. The van der Waals surface area contributed by atoms with E-state index in [0.29, 0.717) is 25.1 Å². The molecule has 29 heavy (non-hydrogen) atoms. The summed E-state index contributed by atoms with van der Waals surface area (Å²) in [7, 11) is 0. The molecule has 0 bridgehead atoms. The van der Waals surface area contributed by atoms with E-state index in [1.165, 1.54) is 12.8 Å². The van der Waals surface area contributed by atoms with Crippen molar-refractivity contribution in [3.8, 4) is 0 Å². The lowest BCUT2D eigenvalue weighted by molar-refractivity contribution is -0.130. The molecular weight excluding hydrogens is 390 g/mol. The monoisotopic (exact) mass is 417 g/mol. The molecule has 3 N–H and O–H groups in total. The van der Waals surface area contributed by atoms with Gasteiger partial charge in [-0.15, -0.1) is 11.3 Å². The number of nitrogens with two attached hydrogens (primary N) is 1. The van der Waals surface area contributed by atoms with Crippen LogP contribution in [0.4, 0.5) is 5.82 Å². The van der Waals surface area contributed by atoms with Crippen molar-refractivity contribution in [1.82, 2.24) is 14.9 Å². The van der Waals surface area contributed by atoms with E-state index in [-0.39, 0.29) is 0 Å². The van der Waals surface area contributed by atoms with Gasteiger partial charge in [0.25, 0.3) is 0 Å². The molecule has 1 atom stereocenters. The van der Waals surface area contributed by atoms with Gasteiger partial charge in [0.2, 0.25) is 5.91 Å². The first-order valence-corrected chi connectivity index (χ1v) is 11.2. The summed E-state index contributed by atoms with van der Waals surface area (Å²) < 4.78 is 11.1. The summed E-state index contributed by atoms with van der Waals surface area (Å²) >= 11 is 1.62. The Hall–Kier alpha value is -1.81. The number of thiophene rings is 1. The minimum Gasteiger partial charge on any atom is -0.379 e. The van der Waals surface area contributed by atoms with Gasteiger partial charge in [0.05, 0.1) is 25.2 Å². The number of ether oxygens (including phenoxy) is 2. The second kappa shape index (κ2) is 8.14. The molecular formula is C20H27N5O3S. The van der Waals surface area contributed by atoms with Crippen LogP contribution in [0.1, 0.15) is 36.1 Å². The highest BCUT2D eigenvalue weighted by Gasteiger charge is 2.30. The SMILES string of the molecule is NC(=O)C1Cc2c(sc3ncnc(N[C@H]4CC[C@H](N5CCOCC5)CC4)c23)CO1. The molecule has 0 aromatic carbocycles. The van der Waals surface area contributed by atoms with Gasteiger partial charge in [-0.05, 0) is 31.2 Å². The summed E-state index contributed by atoms with van der Waals surface area (Å²) in [6.07, 6.45) is 6.21. The molecule has 1 saturated carbocycles. The van der Waals surface area contributed by atoms with Crippen LogP contribution in [-0.4, -0.2) is 65.3 Å². The number of hydrogen-bond donors (Lipinski definition) is 2. The molecule has 1 saturated heterocycles. The van der Waals surface area contributed by atoms with Crippen LogP contribution >= 0.6 is 11.3 Å². The van der Waals surface area contributed by atoms with E-state index in [1.807, 2.05) is 0 Å². The van der Waals surface area contributed by atoms with E-state index in [1.54, 1.807) is 17.7 Å². The van der Waals surface area contributed by atoms with Crippen molar-refractivity contribution in [3.05, 3.63) is 16.8 Å². The molecule has 2 fully saturated rings. The van der Waals surface area contributed by atoms with E-state index in [9.17, 15) is 4.79 Å². The number of nitrogens with one attached hydrogen (secondary N) is 1. The highest BCUT2D eigenvalue weighted by Crippen LogP contribution is 2.38. The molecule has 2 aromatic heterocycles. The van der Waals surface area contributed by atoms with Crippen LogP contribution in [0.25, 0.3) is 10.2 Å². The Morgan fingerprint density at radius 3 is 2.76 bits per heavy atom. The van der Waals surface area contributed by atoms with E-state index in [4.69, 9.17) is 15.2 Å². The lowest BCUT2D eigenvalue weighted by Gasteiger charge is -2.39. The third-order valence-corrected chi connectivity index (χ3v) is 7.51. The zero-order chi connectivity index (χ0) is 19.8. The van der Waals surface area contributed by atoms with Gasteiger partial charge in [0, 0.05) is 36.5 Å². The van der Waals surface area contributed by atoms with Crippen LogP contribution in [-0.2, 0) is 27.3 Å². The van der Waals surface area contributed by atoms with Gasteiger partial charge in [-0.2, -0.15) is 0 Å². The number of primary amides is 1. The third kappa shape index (κ3) is 3.84. The molecule has 8 nitrogen and oxygen atoms in total. The smallest absolute Gasteiger partial charge is 0.246 e. The number of morpholine rings is 1. The molecule has 1 aliphatic carbocycles. The molecule has 1 unspecified atom stereocenters. The highest BCUT2D eigenvalue weighted by molar-refractivity contribution is 7.18. The number of fused-ring (bicyclic) bond motifs is 3. The van der Waals surface area contributed by atoms with E-state index >= 15 is 0 Å². The van der Waals surface area contributed by atoms with Gasteiger partial charge in [-0.1, -0.05) is 0 Å². The summed E-state index contributed by atoms with van der Waals surface area (Å²) in [4.78, 5) is 25.3. The lowest BCUT2D eigenvalue weighted by atomic mass is 9.90. The van der Waals surface area contributed by atoms with Crippen LogP contribution in [0.2, 0.25) is 0 Å². The van der Waals surface area contributed by atoms with Crippen molar-refractivity contribution in [2.45, 2.75) is 56.9 Å². The average Bonchev–Trinajstić information content (AvgIpc) is 3.13. The van der Waals surface area contributed by atoms with Crippen molar-refractivity contribution in [3.63, 3.8) is 0 Å². The molecule has 2 aliphatic heterocycles. The fourth-order valence-corrected chi connectivity index (χ4v) is 5.89. The van der Waals surface area contributed by atoms with Gasteiger partial charge in [0.1, 0.15) is 23.1 Å². The van der Waals surface area contributed by atoms with Crippen LogP contribution < -0.4 is 11.1 Å². The predicted molar refractivity (Wildman–Crippen MR) is 111 cm³/mol. The van der Waals surface area contributed by atoms with E-state index in [2.05, 4.69) is 20.2 Å². The number of amides is 1. The minimum absolute atomic E-state index is 0.410. The Morgan fingerprint density at radius 1 is 1.21 bits per heavy atom. The number of carbonyl (C=O) groups excluding carboxylic acids is 1. The average molecular weight is 418 g/mol. The molecule has 9 heteroatoms. The quantitative estimate of drug-likeness (QED) is 0.780. The van der Waals surface area contributed by atoms with Crippen molar-refractivity contribution in [2.75, 3.05) is 31.6 Å². The summed E-state index contributed by atoms with van der Waals surface area (Å²) in [6.45, 7) is 4.24. The molecule has 0 radical (unpaired) electrons. The molecule has 156 valence electrons. The maximum Gasteiger partial charge on any atom is 0.246 e. The van der Waals surface area contributed by atoms with E-state index < -0.39 is 12.0 Å². The molecule has 5 rings (SSSR count). The van der Waals surface area contributed by atoms with E-state index in [0.717, 1.165) is 65.6 Å². The highest BCUT2D eigenvalue weighted by atomic mass is 32.1. The largest absolute Gasteiger partial charge is 0.379 e. The summed E-state index contributed by atoms with van der Waals surface area (Å²) in [5.41, 5.74) is 6.60. The van der Waals surface area contributed by atoms with Crippen LogP contribution in [0.5, 0.6) is 0 Å². The number of hydrogen-bond acceptors (Lipinski definition) is 8. The van der Waals surface area contributed by atoms with Crippen LogP contribution in [0.15, 0.2) is 6.33 Å². The first-order valence-electron chi connectivity index (χ1n) is 10.4. The zero-order valence-electron chi connectivity index (χ0n) is 16.4. The topological polar surface area (TPSA) is 103 Å². The Labute approximate surface area is 173 Å². The zero-order valence-corrected chi connectivity index (χ0v) is 17.2. The maximum absolute atomic E-state index is 11.6. The minimum atomic E-state index is -0.572. The second-order valence-corrected chi connectivity index (χ2v) is 9.19. The first kappa shape index (κ1) is 19.2. The van der Waals surface area contributed by atoms with Crippen molar-refractivity contribution in [1.29, 1.82) is 0 Å². The Balaban J connectivity index is 1.31. The van der Waals surface area contributed by atoms with Crippen molar-refractivity contribution in [2.24, 2.45) is 5.73 Å². The normalized spacial score (nSPS) is 28.2.